The van der Waals surface area contributed by atoms with Crippen LogP contribution < -0.4 is 5.32 Å². The quantitative estimate of drug-likeness (QED) is 0.797. The molecule has 0 aliphatic heterocycles. The molecule has 0 bridgehead atoms. The Labute approximate surface area is 124 Å². The van der Waals surface area contributed by atoms with Crippen molar-refractivity contribution in [3.05, 3.63) is 58.9 Å². The van der Waals surface area contributed by atoms with Crippen molar-refractivity contribution in [1.29, 1.82) is 0 Å². The molecule has 0 amide bonds. The largest absolute Gasteiger partial charge is 0.310 e. The van der Waals surface area contributed by atoms with Gasteiger partial charge < -0.3 is 5.32 Å². The van der Waals surface area contributed by atoms with Gasteiger partial charge >= 0.3 is 0 Å². The first-order chi connectivity index (χ1) is 9.63. The van der Waals surface area contributed by atoms with Gasteiger partial charge in [-0.05, 0) is 47.9 Å². The second-order valence-electron chi connectivity index (χ2n) is 4.80. The fourth-order valence-electron chi connectivity index (χ4n) is 2.37. The summed E-state index contributed by atoms with van der Waals surface area (Å²) in [6.07, 6.45) is 1.04. The normalized spacial score (nSPS) is 12.4. The van der Waals surface area contributed by atoms with Crippen LogP contribution >= 0.6 is 11.6 Å². The monoisotopic (exact) mass is 291 g/mol. The number of benzene rings is 2. The van der Waals surface area contributed by atoms with Crippen LogP contribution in [0.3, 0.4) is 0 Å². The lowest BCUT2D eigenvalue weighted by Gasteiger charge is -2.16. The van der Waals surface area contributed by atoms with Gasteiger partial charge in [0.1, 0.15) is 5.82 Å². The number of hydrogen-bond acceptors (Lipinski definition) is 1. The number of halogens is 2. The molecule has 3 heteroatoms. The Morgan fingerprint density at radius 3 is 2.30 bits per heavy atom. The predicted octanol–water partition coefficient (Wildman–Crippen LogP) is 5.21. The molecule has 1 unspecified atom stereocenters. The third kappa shape index (κ3) is 3.59. The van der Waals surface area contributed by atoms with Crippen LogP contribution in [0.4, 0.5) is 4.39 Å². The van der Waals surface area contributed by atoms with E-state index in [4.69, 9.17) is 11.6 Å². The van der Waals surface area contributed by atoms with Crippen LogP contribution in [0.15, 0.2) is 42.5 Å². The summed E-state index contributed by atoms with van der Waals surface area (Å²) in [5.41, 5.74) is 3.03. The van der Waals surface area contributed by atoms with Gasteiger partial charge in [0.25, 0.3) is 0 Å². The molecular formula is C17H19ClFN. The highest BCUT2D eigenvalue weighted by Crippen LogP contribution is 2.26. The van der Waals surface area contributed by atoms with Gasteiger partial charge in [-0.1, -0.05) is 49.7 Å². The SMILES string of the molecule is CCNC(CC)c1ccc(-c2cc(F)cc(Cl)c2)cc1. The van der Waals surface area contributed by atoms with Gasteiger partial charge in [0.15, 0.2) is 0 Å². The van der Waals surface area contributed by atoms with E-state index in [0.29, 0.717) is 11.1 Å². The van der Waals surface area contributed by atoms with E-state index in [1.54, 1.807) is 6.07 Å². The topological polar surface area (TPSA) is 12.0 Å². The summed E-state index contributed by atoms with van der Waals surface area (Å²) >= 11 is 5.90. The predicted molar refractivity (Wildman–Crippen MR) is 83.6 cm³/mol. The van der Waals surface area contributed by atoms with Gasteiger partial charge in [0.2, 0.25) is 0 Å². The van der Waals surface area contributed by atoms with E-state index in [2.05, 4.69) is 31.3 Å². The number of hydrogen-bond donors (Lipinski definition) is 1. The summed E-state index contributed by atoms with van der Waals surface area (Å²) in [5.74, 6) is -0.310. The lowest BCUT2D eigenvalue weighted by molar-refractivity contribution is 0.537. The maximum atomic E-state index is 13.4. The molecular weight excluding hydrogens is 273 g/mol. The summed E-state index contributed by atoms with van der Waals surface area (Å²) in [6, 6.07) is 13.2. The average molecular weight is 292 g/mol. The molecule has 20 heavy (non-hydrogen) atoms. The Bertz CT molecular complexity index is 545. The third-order valence-electron chi connectivity index (χ3n) is 3.37. The molecule has 0 radical (unpaired) electrons. The standard InChI is InChI=1S/C17H19ClFN/c1-3-17(20-4-2)13-7-5-12(6-8-13)14-9-15(18)11-16(19)10-14/h5-11,17,20H,3-4H2,1-2H3. The second kappa shape index (κ2) is 6.87. The molecule has 0 spiro atoms. The summed E-state index contributed by atoms with van der Waals surface area (Å²) in [4.78, 5) is 0. The fraction of sp³-hybridized carbons (Fsp3) is 0.294. The fourth-order valence-corrected chi connectivity index (χ4v) is 2.59. The minimum absolute atomic E-state index is 0.310. The Balaban J connectivity index is 2.27. The van der Waals surface area contributed by atoms with Crippen LogP contribution in [-0.4, -0.2) is 6.54 Å². The van der Waals surface area contributed by atoms with E-state index >= 15 is 0 Å². The van der Waals surface area contributed by atoms with E-state index < -0.39 is 0 Å². The van der Waals surface area contributed by atoms with Crippen LogP contribution in [0.1, 0.15) is 31.9 Å². The van der Waals surface area contributed by atoms with Gasteiger partial charge in [0, 0.05) is 11.1 Å². The molecule has 106 valence electrons. The van der Waals surface area contributed by atoms with Crippen LogP contribution in [0.5, 0.6) is 0 Å². The third-order valence-corrected chi connectivity index (χ3v) is 3.59. The zero-order chi connectivity index (χ0) is 14.5. The van der Waals surface area contributed by atoms with E-state index in [9.17, 15) is 4.39 Å². The van der Waals surface area contributed by atoms with Gasteiger partial charge in [0.05, 0.1) is 0 Å². The van der Waals surface area contributed by atoms with Crippen LogP contribution in [-0.2, 0) is 0 Å². The molecule has 2 aromatic rings. The smallest absolute Gasteiger partial charge is 0.125 e. The zero-order valence-electron chi connectivity index (χ0n) is 11.8. The first-order valence-electron chi connectivity index (χ1n) is 6.93. The molecule has 2 rings (SSSR count). The maximum Gasteiger partial charge on any atom is 0.125 e. The lowest BCUT2D eigenvalue weighted by atomic mass is 9.99. The summed E-state index contributed by atoms with van der Waals surface area (Å²) in [5, 5.41) is 3.86. The minimum Gasteiger partial charge on any atom is -0.310 e. The molecule has 0 fully saturated rings. The Hall–Kier alpha value is -1.38. The molecule has 1 N–H and O–H groups in total. The highest BCUT2D eigenvalue weighted by molar-refractivity contribution is 6.30. The van der Waals surface area contributed by atoms with E-state index in [-0.39, 0.29) is 5.82 Å². The first-order valence-corrected chi connectivity index (χ1v) is 7.31. The van der Waals surface area contributed by atoms with Crippen molar-refractivity contribution in [2.24, 2.45) is 0 Å². The van der Waals surface area contributed by atoms with Crippen LogP contribution in [0, 0.1) is 5.82 Å². The summed E-state index contributed by atoms with van der Waals surface area (Å²) < 4.78 is 13.4. The van der Waals surface area contributed by atoms with Crippen molar-refractivity contribution in [3.63, 3.8) is 0 Å². The summed E-state index contributed by atoms with van der Waals surface area (Å²) in [7, 11) is 0. The van der Waals surface area contributed by atoms with Crippen molar-refractivity contribution in [2.75, 3.05) is 6.54 Å². The highest BCUT2D eigenvalue weighted by atomic mass is 35.5. The molecule has 1 nitrogen and oxygen atoms in total. The summed E-state index contributed by atoms with van der Waals surface area (Å²) in [6.45, 7) is 5.21. The van der Waals surface area contributed by atoms with Gasteiger partial charge in [-0.3, -0.25) is 0 Å². The van der Waals surface area contributed by atoms with Crippen molar-refractivity contribution in [2.45, 2.75) is 26.3 Å². The number of nitrogens with one attached hydrogen (secondary N) is 1. The zero-order valence-corrected chi connectivity index (χ0v) is 12.5. The molecule has 0 aliphatic rings. The van der Waals surface area contributed by atoms with Crippen molar-refractivity contribution >= 4 is 11.6 Å². The van der Waals surface area contributed by atoms with Gasteiger partial charge in [-0.15, -0.1) is 0 Å². The molecule has 0 saturated carbocycles. The highest BCUT2D eigenvalue weighted by Gasteiger charge is 2.08. The molecule has 0 aromatic heterocycles. The Morgan fingerprint density at radius 1 is 1.05 bits per heavy atom. The van der Waals surface area contributed by atoms with E-state index in [0.717, 1.165) is 24.1 Å². The lowest BCUT2D eigenvalue weighted by Crippen LogP contribution is -2.19. The van der Waals surface area contributed by atoms with Crippen molar-refractivity contribution < 1.29 is 4.39 Å². The van der Waals surface area contributed by atoms with E-state index in [1.807, 2.05) is 12.1 Å². The first kappa shape index (κ1) is 15.0. The maximum absolute atomic E-state index is 13.4. The molecule has 2 aromatic carbocycles. The van der Waals surface area contributed by atoms with Crippen molar-refractivity contribution in [1.82, 2.24) is 5.32 Å². The van der Waals surface area contributed by atoms with Gasteiger partial charge in [-0.25, -0.2) is 4.39 Å². The van der Waals surface area contributed by atoms with Gasteiger partial charge in [-0.2, -0.15) is 0 Å². The average Bonchev–Trinajstić information content (AvgIpc) is 2.44. The van der Waals surface area contributed by atoms with E-state index in [1.165, 1.54) is 17.7 Å². The Morgan fingerprint density at radius 2 is 1.75 bits per heavy atom. The Kier molecular flexibility index (Phi) is 5.16. The molecule has 0 saturated heterocycles. The number of rotatable bonds is 5. The van der Waals surface area contributed by atoms with Crippen LogP contribution in [0.2, 0.25) is 5.02 Å². The van der Waals surface area contributed by atoms with Crippen LogP contribution in [0.25, 0.3) is 11.1 Å². The van der Waals surface area contributed by atoms with Crippen molar-refractivity contribution in [3.8, 4) is 11.1 Å². The minimum atomic E-state index is -0.310. The molecule has 1 atom stereocenters. The molecule has 0 heterocycles. The second-order valence-corrected chi connectivity index (χ2v) is 5.24. The molecule has 0 aliphatic carbocycles.